The topological polar surface area (TPSA) is 38.8 Å². The quantitative estimate of drug-likeness (QED) is 0.225. The van der Waals surface area contributed by atoms with E-state index in [4.69, 9.17) is 44.9 Å². The molecule has 0 N–H and O–H groups in total. The number of hydrogen-bond donors (Lipinski definition) is 0. The second-order valence-electron chi connectivity index (χ2n) is 6.03. The van der Waals surface area contributed by atoms with Gasteiger partial charge in [0.1, 0.15) is 10.9 Å². The smallest absolute Gasteiger partial charge is 0.265 e. The Labute approximate surface area is 202 Å². The minimum Gasteiger partial charge on any atom is -0.490 e. The third-order valence-corrected chi connectivity index (χ3v) is 6.88. The summed E-state index contributed by atoms with van der Waals surface area (Å²) in [6.07, 6.45) is 1.81. The van der Waals surface area contributed by atoms with Crippen LogP contribution in [0.5, 0.6) is 11.5 Å². The van der Waals surface area contributed by atoms with Gasteiger partial charge in [0.15, 0.2) is 11.5 Å². The second kappa shape index (κ2) is 9.87. The lowest BCUT2D eigenvalue weighted by Gasteiger charge is -2.15. The van der Waals surface area contributed by atoms with E-state index in [1.165, 1.54) is 16.7 Å². The minimum atomic E-state index is -0.106. The molecule has 152 valence electrons. The van der Waals surface area contributed by atoms with Crippen molar-refractivity contribution < 1.29 is 14.3 Å². The molecule has 1 aliphatic heterocycles. The number of halogens is 3. The van der Waals surface area contributed by atoms with Gasteiger partial charge >= 0.3 is 0 Å². The average Bonchev–Trinajstić information content (AvgIpc) is 2.89. The van der Waals surface area contributed by atoms with E-state index < -0.39 is 0 Å². The van der Waals surface area contributed by atoms with Gasteiger partial charge in [-0.1, -0.05) is 53.2 Å². The number of benzene rings is 2. The van der Waals surface area contributed by atoms with Crippen LogP contribution in [0.4, 0.5) is 0 Å². The van der Waals surface area contributed by atoms with Crippen LogP contribution in [0, 0.1) is 3.57 Å². The Morgan fingerprint density at radius 3 is 2.62 bits per heavy atom. The summed E-state index contributed by atoms with van der Waals surface area (Å²) >= 11 is 20.9. The zero-order valence-corrected chi connectivity index (χ0v) is 20.8. The van der Waals surface area contributed by atoms with E-state index in [0.29, 0.717) is 37.4 Å². The van der Waals surface area contributed by atoms with E-state index >= 15 is 0 Å². The molecule has 3 rings (SSSR count). The third-order valence-electron chi connectivity index (χ3n) is 4.00. The maximum atomic E-state index is 12.3. The van der Waals surface area contributed by atoms with E-state index in [-0.39, 0.29) is 12.5 Å². The summed E-state index contributed by atoms with van der Waals surface area (Å²) in [5, 5.41) is 1.12. The lowest BCUT2D eigenvalue weighted by Crippen LogP contribution is -2.22. The van der Waals surface area contributed by atoms with Gasteiger partial charge in [0.2, 0.25) is 0 Å². The van der Waals surface area contributed by atoms with Crippen molar-refractivity contribution in [1.82, 2.24) is 4.90 Å². The summed E-state index contributed by atoms with van der Waals surface area (Å²) in [6.45, 7) is 2.66. The minimum absolute atomic E-state index is 0.106. The van der Waals surface area contributed by atoms with Gasteiger partial charge in [-0.3, -0.25) is 9.69 Å². The van der Waals surface area contributed by atoms with Crippen LogP contribution in [0.3, 0.4) is 0 Å². The van der Waals surface area contributed by atoms with Crippen LogP contribution in [-0.2, 0) is 11.4 Å². The molecule has 0 radical (unpaired) electrons. The van der Waals surface area contributed by atoms with Gasteiger partial charge in [-0.15, -0.1) is 0 Å². The molecule has 1 heterocycles. The molecule has 0 aromatic heterocycles. The molecule has 4 nitrogen and oxygen atoms in total. The SMILES string of the molecule is CCOc1cc(/C=C2\SC(=S)N(C)C2=O)cc(I)c1OCc1ccc(Cl)cc1Cl. The number of hydrogen-bond acceptors (Lipinski definition) is 5. The number of likely N-dealkylation sites (N-methyl/N-ethyl adjacent to an activating group) is 1. The van der Waals surface area contributed by atoms with E-state index in [1.54, 1.807) is 19.2 Å². The summed E-state index contributed by atoms with van der Waals surface area (Å²) in [4.78, 5) is 14.3. The van der Waals surface area contributed by atoms with Crippen molar-refractivity contribution >= 4 is 86.1 Å². The molecular formula is C20H16Cl2INO3S2. The first kappa shape index (κ1) is 22.7. The fraction of sp³-hybridized carbons (Fsp3) is 0.200. The summed E-state index contributed by atoms with van der Waals surface area (Å²) in [6, 6.07) is 9.08. The van der Waals surface area contributed by atoms with E-state index in [0.717, 1.165) is 14.7 Å². The molecule has 0 bridgehead atoms. The monoisotopic (exact) mass is 579 g/mol. The fourth-order valence-corrected chi connectivity index (χ4v) is 4.98. The van der Waals surface area contributed by atoms with Crippen LogP contribution in [0.1, 0.15) is 18.1 Å². The maximum absolute atomic E-state index is 12.3. The predicted octanol–water partition coefficient (Wildman–Crippen LogP) is 6.41. The van der Waals surface area contributed by atoms with Gasteiger partial charge in [-0.05, 0) is 65.4 Å². The maximum Gasteiger partial charge on any atom is 0.265 e. The molecule has 0 unspecified atom stereocenters. The predicted molar refractivity (Wildman–Crippen MR) is 132 cm³/mol. The number of amides is 1. The Kier molecular flexibility index (Phi) is 7.72. The third kappa shape index (κ3) is 5.38. The van der Waals surface area contributed by atoms with Crippen LogP contribution in [0.2, 0.25) is 10.0 Å². The Morgan fingerprint density at radius 1 is 1.24 bits per heavy atom. The first-order valence-corrected chi connectivity index (χ1v) is 11.6. The number of carbonyl (C=O) groups excluding carboxylic acids is 1. The Morgan fingerprint density at radius 2 is 2.00 bits per heavy atom. The molecule has 9 heteroatoms. The second-order valence-corrected chi connectivity index (χ2v) is 9.71. The number of ether oxygens (including phenoxy) is 2. The van der Waals surface area contributed by atoms with Gasteiger partial charge in [-0.25, -0.2) is 0 Å². The highest BCUT2D eigenvalue weighted by Gasteiger charge is 2.28. The largest absolute Gasteiger partial charge is 0.490 e. The Balaban J connectivity index is 1.88. The van der Waals surface area contributed by atoms with Crippen LogP contribution >= 0.6 is 69.8 Å². The average molecular weight is 580 g/mol. The number of thioether (sulfide) groups is 1. The highest BCUT2D eigenvalue weighted by atomic mass is 127. The zero-order chi connectivity index (χ0) is 21.1. The van der Waals surface area contributed by atoms with Crippen molar-refractivity contribution in [3.63, 3.8) is 0 Å². The number of thiocarbonyl (C=S) groups is 1. The number of rotatable bonds is 6. The number of carbonyl (C=O) groups is 1. The van der Waals surface area contributed by atoms with Crippen molar-refractivity contribution in [1.29, 1.82) is 0 Å². The van der Waals surface area contributed by atoms with Crippen molar-refractivity contribution in [2.75, 3.05) is 13.7 Å². The number of nitrogens with zero attached hydrogens (tertiary/aromatic N) is 1. The molecule has 0 aliphatic carbocycles. The fourth-order valence-electron chi connectivity index (χ4n) is 2.56. The normalized spacial score (nSPS) is 15.3. The molecule has 0 atom stereocenters. The van der Waals surface area contributed by atoms with Gasteiger partial charge < -0.3 is 9.47 Å². The molecule has 1 aliphatic rings. The standard InChI is InChI=1S/C20H16Cl2INO3S2/c1-3-26-16-7-11(8-17-19(25)24(2)20(28)29-17)6-15(23)18(16)27-10-12-4-5-13(21)9-14(12)22/h4-9H,3,10H2,1-2H3/b17-8-. The van der Waals surface area contributed by atoms with Crippen LogP contribution < -0.4 is 9.47 Å². The van der Waals surface area contributed by atoms with Gasteiger partial charge in [0.05, 0.1) is 15.1 Å². The van der Waals surface area contributed by atoms with E-state index in [1.807, 2.05) is 31.2 Å². The molecule has 29 heavy (non-hydrogen) atoms. The van der Waals surface area contributed by atoms with Gasteiger partial charge in [0.25, 0.3) is 5.91 Å². The first-order chi connectivity index (χ1) is 13.8. The molecule has 1 amide bonds. The zero-order valence-electron chi connectivity index (χ0n) is 15.5. The highest BCUT2D eigenvalue weighted by Crippen LogP contribution is 2.38. The van der Waals surface area contributed by atoms with Crippen LogP contribution in [0.25, 0.3) is 6.08 Å². The Bertz CT molecular complexity index is 1010. The summed E-state index contributed by atoms with van der Waals surface area (Å²) < 4.78 is 13.2. The van der Waals surface area contributed by atoms with Crippen molar-refractivity contribution in [3.8, 4) is 11.5 Å². The van der Waals surface area contributed by atoms with Crippen LogP contribution in [0.15, 0.2) is 35.2 Å². The molecule has 0 spiro atoms. The van der Waals surface area contributed by atoms with E-state index in [2.05, 4.69) is 22.6 Å². The highest BCUT2D eigenvalue weighted by molar-refractivity contribution is 14.1. The summed E-state index contributed by atoms with van der Waals surface area (Å²) in [5.74, 6) is 1.12. The molecule has 0 saturated carbocycles. The molecule has 1 saturated heterocycles. The Hall–Kier alpha value is -1.00. The van der Waals surface area contributed by atoms with Gasteiger partial charge in [-0.2, -0.15) is 0 Å². The molecule has 1 fully saturated rings. The van der Waals surface area contributed by atoms with Crippen molar-refractivity contribution in [2.24, 2.45) is 0 Å². The van der Waals surface area contributed by atoms with Crippen molar-refractivity contribution in [3.05, 3.63) is 60.0 Å². The summed E-state index contributed by atoms with van der Waals surface area (Å²) in [7, 11) is 1.67. The van der Waals surface area contributed by atoms with E-state index in [9.17, 15) is 4.79 Å². The lowest BCUT2D eigenvalue weighted by molar-refractivity contribution is -0.121. The molecule has 2 aromatic carbocycles. The lowest BCUT2D eigenvalue weighted by atomic mass is 10.1. The molecule has 2 aromatic rings. The van der Waals surface area contributed by atoms with Gasteiger partial charge in [0, 0.05) is 22.7 Å². The van der Waals surface area contributed by atoms with Crippen molar-refractivity contribution in [2.45, 2.75) is 13.5 Å². The molecular weight excluding hydrogens is 564 g/mol. The first-order valence-electron chi connectivity index (χ1n) is 8.54. The summed E-state index contributed by atoms with van der Waals surface area (Å²) in [5.41, 5.74) is 1.66. The van der Waals surface area contributed by atoms with Crippen LogP contribution in [-0.4, -0.2) is 28.8 Å².